The van der Waals surface area contributed by atoms with E-state index < -0.39 is 0 Å². The number of aryl methyl sites for hydroxylation is 1. The topological polar surface area (TPSA) is 68.4 Å². The van der Waals surface area contributed by atoms with Crippen LogP contribution in [0.2, 0.25) is 0 Å². The second-order valence-corrected chi connectivity index (χ2v) is 5.83. The van der Waals surface area contributed by atoms with Crippen LogP contribution in [0.5, 0.6) is 0 Å². The fourth-order valence-corrected chi connectivity index (χ4v) is 3.21. The molecule has 4 rings (SSSR count). The van der Waals surface area contributed by atoms with Crippen LogP contribution >= 0.6 is 11.3 Å². The summed E-state index contributed by atoms with van der Waals surface area (Å²) >= 11 is 1.63. The third-order valence-electron chi connectivity index (χ3n) is 3.48. The standard InChI is InChI=1S/C13H14N6OS/c1-9-6-11(19-13(17-9)15-8-16-19)18-3-4-20-10(7-18)12-14-2-5-21-12/h2,5-6,8,10H,3-4,7H2,1H3. The Balaban J connectivity index is 1.70. The first kappa shape index (κ1) is 12.7. The molecule has 0 bridgehead atoms. The SMILES string of the molecule is Cc1cc(N2CCOC(c3nccs3)C2)n2ncnc2n1. The van der Waals surface area contributed by atoms with Crippen molar-refractivity contribution in [1.29, 1.82) is 0 Å². The number of morpholine rings is 1. The number of hydrogen-bond donors (Lipinski definition) is 0. The molecule has 0 aromatic carbocycles. The fraction of sp³-hybridized carbons (Fsp3) is 0.385. The summed E-state index contributed by atoms with van der Waals surface area (Å²) in [5.74, 6) is 1.63. The molecule has 0 radical (unpaired) electrons. The maximum atomic E-state index is 5.84. The fourth-order valence-electron chi connectivity index (χ4n) is 2.54. The molecular formula is C13H14N6OS. The van der Waals surface area contributed by atoms with Crippen LogP contribution in [-0.2, 0) is 4.74 Å². The van der Waals surface area contributed by atoms with E-state index in [1.54, 1.807) is 15.9 Å². The van der Waals surface area contributed by atoms with Gasteiger partial charge >= 0.3 is 0 Å². The summed E-state index contributed by atoms with van der Waals surface area (Å²) in [7, 11) is 0. The van der Waals surface area contributed by atoms with Gasteiger partial charge in [0.2, 0.25) is 0 Å². The molecule has 3 aromatic heterocycles. The van der Waals surface area contributed by atoms with Crippen molar-refractivity contribution in [1.82, 2.24) is 24.6 Å². The van der Waals surface area contributed by atoms with Crippen LogP contribution in [0.25, 0.3) is 5.78 Å². The van der Waals surface area contributed by atoms with E-state index in [4.69, 9.17) is 4.74 Å². The van der Waals surface area contributed by atoms with Crippen LogP contribution in [0.1, 0.15) is 16.8 Å². The van der Waals surface area contributed by atoms with Gasteiger partial charge in [-0.1, -0.05) is 0 Å². The summed E-state index contributed by atoms with van der Waals surface area (Å²) in [5.41, 5.74) is 0.933. The van der Waals surface area contributed by atoms with Crippen LogP contribution in [0.15, 0.2) is 24.0 Å². The monoisotopic (exact) mass is 302 g/mol. The van der Waals surface area contributed by atoms with Crippen LogP contribution in [0.3, 0.4) is 0 Å². The predicted molar refractivity (Wildman–Crippen MR) is 78.5 cm³/mol. The molecule has 1 atom stereocenters. The van der Waals surface area contributed by atoms with Gasteiger partial charge in [0.15, 0.2) is 0 Å². The molecule has 4 heterocycles. The van der Waals surface area contributed by atoms with Gasteiger partial charge in [-0.2, -0.15) is 14.6 Å². The molecule has 108 valence electrons. The summed E-state index contributed by atoms with van der Waals surface area (Å²) in [6.07, 6.45) is 3.35. The first-order valence-corrected chi connectivity index (χ1v) is 7.62. The maximum Gasteiger partial charge on any atom is 0.254 e. The smallest absolute Gasteiger partial charge is 0.254 e. The zero-order valence-electron chi connectivity index (χ0n) is 11.5. The highest BCUT2D eigenvalue weighted by Gasteiger charge is 2.25. The molecule has 0 amide bonds. The van der Waals surface area contributed by atoms with Crippen molar-refractivity contribution in [3.05, 3.63) is 34.7 Å². The Hall–Kier alpha value is -2.06. The van der Waals surface area contributed by atoms with E-state index in [2.05, 4.69) is 25.0 Å². The number of rotatable bonds is 2. The van der Waals surface area contributed by atoms with E-state index in [0.717, 1.165) is 29.6 Å². The minimum Gasteiger partial charge on any atom is -0.367 e. The van der Waals surface area contributed by atoms with E-state index in [9.17, 15) is 0 Å². The Morgan fingerprint density at radius 3 is 3.19 bits per heavy atom. The number of ether oxygens (including phenoxy) is 1. The van der Waals surface area contributed by atoms with Crippen LogP contribution in [0, 0.1) is 6.92 Å². The van der Waals surface area contributed by atoms with E-state index in [-0.39, 0.29) is 6.10 Å². The van der Waals surface area contributed by atoms with Crippen molar-refractivity contribution >= 4 is 22.9 Å². The lowest BCUT2D eigenvalue weighted by atomic mass is 10.2. The lowest BCUT2D eigenvalue weighted by molar-refractivity contribution is 0.0392. The molecule has 0 aliphatic carbocycles. The summed E-state index contributed by atoms with van der Waals surface area (Å²) in [6.45, 7) is 4.21. The van der Waals surface area contributed by atoms with E-state index in [1.165, 1.54) is 6.33 Å². The molecule has 1 fully saturated rings. The van der Waals surface area contributed by atoms with E-state index >= 15 is 0 Å². The summed E-state index contributed by atoms with van der Waals surface area (Å²) in [6, 6.07) is 2.03. The second-order valence-electron chi connectivity index (χ2n) is 4.90. The molecule has 1 aliphatic rings. The molecule has 0 N–H and O–H groups in total. The quantitative estimate of drug-likeness (QED) is 0.714. The number of anilines is 1. The Morgan fingerprint density at radius 1 is 1.38 bits per heavy atom. The first-order valence-electron chi connectivity index (χ1n) is 6.74. The van der Waals surface area contributed by atoms with Gasteiger partial charge in [-0.05, 0) is 6.92 Å². The van der Waals surface area contributed by atoms with Crippen LogP contribution in [0.4, 0.5) is 5.82 Å². The number of fused-ring (bicyclic) bond motifs is 1. The molecule has 8 heteroatoms. The van der Waals surface area contributed by atoms with Gasteiger partial charge in [-0.3, -0.25) is 0 Å². The average molecular weight is 302 g/mol. The van der Waals surface area contributed by atoms with Crippen molar-refractivity contribution in [2.75, 3.05) is 24.6 Å². The first-order chi connectivity index (χ1) is 10.3. The van der Waals surface area contributed by atoms with E-state index in [1.807, 2.05) is 24.6 Å². The third-order valence-corrected chi connectivity index (χ3v) is 4.35. The number of aromatic nitrogens is 5. The Bertz CT molecular complexity index is 755. The minimum absolute atomic E-state index is 0.00536. The minimum atomic E-state index is 0.00536. The summed E-state index contributed by atoms with van der Waals surface area (Å²) in [5, 5.41) is 7.26. The molecule has 3 aromatic rings. The average Bonchev–Trinajstić information content (AvgIpc) is 3.17. The van der Waals surface area contributed by atoms with Gasteiger partial charge in [0.1, 0.15) is 23.3 Å². The molecule has 1 aliphatic heterocycles. The number of nitrogens with zero attached hydrogens (tertiary/aromatic N) is 6. The molecule has 7 nitrogen and oxygen atoms in total. The molecule has 1 saturated heterocycles. The number of hydrogen-bond acceptors (Lipinski definition) is 7. The molecule has 0 saturated carbocycles. The van der Waals surface area contributed by atoms with Crippen molar-refractivity contribution in [3.63, 3.8) is 0 Å². The Labute approximate surface area is 125 Å². The predicted octanol–water partition coefficient (Wildman–Crippen LogP) is 1.47. The lowest BCUT2D eigenvalue weighted by Crippen LogP contribution is -2.39. The Morgan fingerprint density at radius 2 is 2.33 bits per heavy atom. The third kappa shape index (κ3) is 2.26. The zero-order chi connectivity index (χ0) is 14.2. The van der Waals surface area contributed by atoms with Crippen molar-refractivity contribution in [2.45, 2.75) is 13.0 Å². The summed E-state index contributed by atoms with van der Waals surface area (Å²) < 4.78 is 7.62. The molecule has 1 unspecified atom stereocenters. The van der Waals surface area contributed by atoms with Gasteiger partial charge in [-0.15, -0.1) is 11.3 Å². The highest BCUT2D eigenvalue weighted by molar-refractivity contribution is 7.09. The van der Waals surface area contributed by atoms with Crippen LogP contribution in [-0.4, -0.2) is 44.3 Å². The van der Waals surface area contributed by atoms with Crippen molar-refractivity contribution < 1.29 is 4.74 Å². The molecule has 0 spiro atoms. The second kappa shape index (κ2) is 5.05. The van der Waals surface area contributed by atoms with Gasteiger partial charge in [0, 0.05) is 29.9 Å². The van der Waals surface area contributed by atoms with Crippen LogP contribution < -0.4 is 4.90 Å². The highest BCUT2D eigenvalue weighted by atomic mass is 32.1. The lowest BCUT2D eigenvalue weighted by Gasteiger charge is -2.33. The molecular weight excluding hydrogens is 288 g/mol. The van der Waals surface area contributed by atoms with Crippen molar-refractivity contribution in [3.8, 4) is 0 Å². The summed E-state index contributed by atoms with van der Waals surface area (Å²) in [4.78, 5) is 15.2. The van der Waals surface area contributed by atoms with E-state index in [0.29, 0.717) is 12.4 Å². The van der Waals surface area contributed by atoms with Gasteiger partial charge in [0.05, 0.1) is 13.2 Å². The van der Waals surface area contributed by atoms with Gasteiger partial charge < -0.3 is 9.64 Å². The van der Waals surface area contributed by atoms with Crippen molar-refractivity contribution in [2.24, 2.45) is 0 Å². The maximum absolute atomic E-state index is 5.84. The normalized spacial score (nSPS) is 19.3. The van der Waals surface area contributed by atoms with Gasteiger partial charge in [-0.25, -0.2) is 9.97 Å². The Kier molecular flexibility index (Phi) is 3.04. The van der Waals surface area contributed by atoms with Gasteiger partial charge in [0.25, 0.3) is 5.78 Å². The molecule has 21 heavy (non-hydrogen) atoms. The highest BCUT2D eigenvalue weighted by Crippen LogP contribution is 2.27. The largest absolute Gasteiger partial charge is 0.367 e. The zero-order valence-corrected chi connectivity index (χ0v) is 12.3. The number of thiazole rings is 1.